The summed E-state index contributed by atoms with van der Waals surface area (Å²) in [5.74, 6) is 0.920. The van der Waals surface area contributed by atoms with Gasteiger partial charge in [0.05, 0.1) is 5.69 Å². The van der Waals surface area contributed by atoms with Crippen molar-refractivity contribution in [3.05, 3.63) is 59.9 Å². The third-order valence-corrected chi connectivity index (χ3v) is 2.64. The van der Waals surface area contributed by atoms with Gasteiger partial charge in [-0.3, -0.25) is 4.98 Å². The maximum Gasteiger partial charge on any atom is 0.130 e. The first-order chi connectivity index (χ1) is 8.90. The minimum absolute atomic E-state index is 0.504. The minimum Gasteiger partial charge on any atom is -0.487 e. The molecule has 0 aliphatic heterocycles. The summed E-state index contributed by atoms with van der Waals surface area (Å²) in [7, 11) is 0. The number of hydrogen-bond acceptors (Lipinski definition) is 3. The Balaban J connectivity index is 2.00. The molecule has 0 aliphatic carbocycles. The van der Waals surface area contributed by atoms with Crippen molar-refractivity contribution in [3.8, 4) is 5.75 Å². The molecule has 0 amide bonds. The molecule has 2 aromatic rings. The Labute approximate surface area is 108 Å². The van der Waals surface area contributed by atoms with E-state index in [0.29, 0.717) is 6.61 Å². The summed E-state index contributed by atoms with van der Waals surface area (Å²) in [6, 6.07) is 13.9. The van der Waals surface area contributed by atoms with Crippen molar-refractivity contribution < 1.29 is 4.74 Å². The normalized spacial score (nSPS) is 10.3. The number of hydrogen-bond donors (Lipinski definition) is 1. The second-order valence-electron chi connectivity index (χ2n) is 4.00. The number of benzene rings is 1. The lowest BCUT2D eigenvalue weighted by Crippen LogP contribution is -2.12. The first-order valence-electron chi connectivity index (χ1n) is 6.21. The van der Waals surface area contributed by atoms with Crippen molar-refractivity contribution >= 4 is 0 Å². The van der Waals surface area contributed by atoms with Crippen LogP contribution in [0.4, 0.5) is 0 Å². The van der Waals surface area contributed by atoms with Crippen LogP contribution in [-0.4, -0.2) is 11.5 Å². The quantitative estimate of drug-likeness (QED) is 0.845. The van der Waals surface area contributed by atoms with Crippen LogP contribution in [0, 0.1) is 0 Å². The maximum absolute atomic E-state index is 5.82. The fourth-order valence-corrected chi connectivity index (χ4v) is 1.69. The molecule has 94 valence electrons. The summed E-state index contributed by atoms with van der Waals surface area (Å²) in [6.07, 6.45) is 1.78. The zero-order valence-electron chi connectivity index (χ0n) is 10.6. The van der Waals surface area contributed by atoms with Crippen molar-refractivity contribution in [2.75, 3.05) is 6.54 Å². The molecule has 0 spiro atoms. The molecule has 0 fully saturated rings. The van der Waals surface area contributed by atoms with E-state index in [2.05, 4.69) is 23.3 Å². The van der Waals surface area contributed by atoms with Gasteiger partial charge in [-0.15, -0.1) is 0 Å². The third-order valence-electron chi connectivity index (χ3n) is 2.64. The van der Waals surface area contributed by atoms with Gasteiger partial charge in [-0.2, -0.15) is 0 Å². The molecule has 2 rings (SSSR count). The van der Waals surface area contributed by atoms with E-state index in [1.807, 2.05) is 36.4 Å². The molecule has 1 aromatic heterocycles. The Hall–Kier alpha value is -1.87. The molecule has 0 radical (unpaired) electrons. The van der Waals surface area contributed by atoms with Crippen LogP contribution in [0.1, 0.15) is 18.2 Å². The van der Waals surface area contributed by atoms with Gasteiger partial charge in [-0.25, -0.2) is 0 Å². The predicted molar refractivity (Wildman–Crippen MR) is 72.4 cm³/mol. The Morgan fingerprint density at radius 3 is 2.72 bits per heavy atom. The summed E-state index contributed by atoms with van der Waals surface area (Å²) in [5, 5.41) is 3.31. The van der Waals surface area contributed by atoms with Gasteiger partial charge in [0, 0.05) is 18.3 Å². The molecular weight excluding hydrogens is 224 g/mol. The lowest BCUT2D eigenvalue weighted by atomic mass is 10.2. The summed E-state index contributed by atoms with van der Waals surface area (Å²) in [4.78, 5) is 4.25. The number of ether oxygens (including phenoxy) is 1. The third kappa shape index (κ3) is 3.57. The van der Waals surface area contributed by atoms with Gasteiger partial charge in [0.2, 0.25) is 0 Å². The molecule has 3 heteroatoms. The molecule has 0 atom stereocenters. The van der Waals surface area contributed by atoms with E-state index in [1.54, 1.807) is 6.20 Å². The summed E-state index contributed by atoms with van der Waals surface area (Å²) in [5.41, 5.74) is 2.12. The zero-order chi connectivity index (χ0) is 12.6. The van der Waals surface area contributed by atoms with E-state index >= 15 is 0 Å². The van der Waals surface area contributed by atoms with Crippen molar-refractivity contribution in [1.82, 2.24) is 10.3 Å². The van der Waals surface area contributed by atoms with E-state index < -0.39 is 0 Å². The van der Waals surface area contributed by atoms with E-state index in [1.165, 1.54) is 5.56 Å². The highest BCUT2D eigenvalue weighted by atomic mass is 16.5. The van der Waals surface area contributed by atoms with Crippen LogP contribution >= 0.6 is 0 Å². The SMILES string of the molecule is CCNCc1ccccc1OCc1ccccn1. The number of rotatable bonds is 6. The van der Waals surface area contributed by atoms with Crippen LogP contribution < -0.4 is 10.1 Å². The molecule has 0 saturated heterocycles. The molecule has 0 saturated carbocycles. The number of pyridine rings is 1. The Kier molecular flexibility index (Phi) is 4.73. The van der Waals surface area contributed by atoms with E-state index in [9.17, 15) is 0 Å². The molecule has 1 heterocycles. The average molecular weight is 242 g/mol. The average Bonchev–Trinajstić information content (AvgIpc) is 2.45. The molecule has 1 N–H and O–H groups in total. The van der Waals surface area contributed by atoms with Gasteiger partial charge < -0.3 is 10.1 Å². The first-order valence-corrected chi connectivity index (χ1v) is 6.21. The van der Waals surface area contributed by atoms with Gasteiger partial charge in [0.25, 0.3) is 0 Å². The molecule has 0 bridgehead atoms. The van der Waals surface area contributed by atoms with Crippen LogP contribution in [0.2, 0.25) is 0 Å². The van der Waals surface area contributed by atoms with Gasteiger partial charge in [-0.05, 0) is 24.7 Å². The summed E-state index contributed by atoms with van der Waals surface area (Å²) < 4.78 is 5.82. The van der Waals surface area contributed by atoms with Crippen LogP contribution in [-0.2, 0) is 13.2 Å². The Bertz CT molecular complexity index is 471. The van der Waals surface area contributed by atoms with Gasteiger partial charge in [0.1, 0.15) is 12.4 Å². The molecule has 18 heavy (non-hydrogen) atoms. The number of nitrogens with one attached hydrogen (secondary N) is 1. The Morgan fingerprint density at radius 1 is 1.11 bits per heavy atom. The number of para-hydroxylation sites is 1. The zero-order valence-corrected chi connectivity index (χ0v) is 10.6. The summed E-state index contributed by atoms with van der Waals surface area (Å²) >= 11 is 0. The second kappa shape index (κ2) is 6.77. The highest BCUT2D eigenvalue weighted by Crippen LogP contribution is 2.18. The van der Waals surface area contributed by atoms with E-state index in [-0.39, 0.29) is 0 Å². The monoisotopic (exact) mass is 242 g/mol. The fourth-order valence-electron chi connectivity index (χ4n) is 1.69. The molecule has 0 unspecified atom stereocenters. The molecular formula is C15H18N2O. The fraction of sp³-hybridized carbons (Fsp3) is 0.267. The van der Waals surface area contributed by atoms with Crippen molar-refractivity contribution in [1.29, 1.82) is 0 Å². The highest BCUT2D eigenvalue weighted by Gasteiger charge is 2.02. The van der Waals surface area contributed by atoms with Crippen molar-refractivity contribution in [2.24, 2.45) is 0 Å². The van der Waals surface area contributed by atoms with E-state index in [0.717, 1.165) is 24.5 Å². The molecule has 0 aliphatic rings. The lowest BCUT2D eigenvalue weighted by molar-refractivity contribution is 0.297. The van der Waals surface area contributed by atoms with Gasteiger partial charge in [-0.1, -0.05) is 31.2 Å². The van der Waals surface area contributed by atoms with Crippen LogP contribution in [0.5, 0.6) is 5.75 Å². The summed E-state index contributed by atoms with van der Waals surface area (Å²) in [6.45, 7) is 4.38. The highest BCUT2D eigenvalue weighted by molar-refractivity contribution is 5.33. The minimum atomic E-state index is 0.504. The second-order valence-corrected chi connectivity index (χ2v) is 4.00. The lowest BCUT2D eigenvalue weighted by Gasteiger charge is -2.11. The van der Waals surface area contributed by atoms with E-state index in [4.69, 9.17) is 4.74 Å². The largest absolute Gasteiger partial charge is 0.487 e. The molecule has 1 aromatic carbocycles. The van der Waals surface area contributed by atoms with Crippen LogP contribution in [0.3, 0.4) is 0 Å². The topological polar surface area (TPSA) is 34.1 Å². The Morgan fingerprint density at radius 2 is 1.94 bits per heavy atom. The number of nitrogens with zero attached hydrogens (tertiary/aromatic N) is 1. The predicted octanol–water partition coefficient (Wildman–Crippen LogP) is 2.77. The van der Waals surface area contributed by atoms with Crippen molar-refractivity contribution in [2.45, 2.75) is 20.1 Å². The van der Waals surface area contributed by atoms with Crippen LogP contribution in [0.15, 0.2) is 48.7 Å². The smallest absolute Gasteiger partial charge is 0.130 e. The molecule has 3 nitrogen and oxygen atoms in total. The van der Waals surface area contributed by atoms with Crippen molar-refractivity contribution in [3.63, 3.8) is 0 Å². The standard InChI is InChI=1S/C15H18N2O/c1-2-16-11-13-7-3-4-9-15(13)18-12-14-8-5-6-10-17-14/h3-10,16H,2,11-12H2,1H3. The van der Waals surface area contributed by atoms with Gasteiger partial charge >= 0.3 is 0 Å². The maximum atomic E-state index is 5.82. The first kappa shape index (κ1) is 12.6. The van der Waals surface area contributed by atoms with Gasteiger partial charge in [0.15, 0.2) is 0 Å². The van der Waals surface area contributed by atoms with Crippen LogP contribution in [0.25, 0.3) is 0 Å². The number of aromatic nitrogens is 1.